The van der Waals surface area contributed by atoms with E-state index in [1.54, 1.807) is 13.1 Å². The van der Waals surface area contributed by atoms with Crippen LogP contribution >= 0.6 is 0 Å². The number of aryl methyl sites for hydroxylation is 1. The van der Waals surface area contributed by atoms with Crippen molar-refractivity contribution in [3.05, 3.63) is 47.6 Å². The second-order valence-electron chi connectivity index (χ2n) is 4.33. The number of aromatic nitrogens is 2. The topological polar surface area (TPSA) is 90.1 Å². The number of phenols is 1. The first-order valence-electron chi connectivity index (χ1n) is 7.81. The molecule has 0 saturated carbocycles. The van der Waals surface area contributed by atoms with Gasteiger partial charge in [-0.2, -0.15) is 9.49 Å². The van der Waals surface area contributed by atoms with Crippen LogP contribution in [0.5, 0.6) is 5.75 Å². The molecular weight excluding hydrogens is 314 g/mol. The highest BCUT2D eigenvalue weighted by atomic mass is 19.2. The van der Waals surface area contributed by atoms with Gasteiger partial charge in [0.25, 0.3) is 0 Å². The van der Waals surface area contributed by atoms with Gasteiger partial charge in [0.2, 0.25) is 5.82 Å². The van der Waals surface area contributed by atoms with Crippen LogP contribution in [0.1, 0.15) is 33.4 Å². The lowest BCUT2D eigenvalue weighted by atomic mass is 10.1. The minimum atomic E-state index is -1.28. The molecule has 0 aliphatic carbocycles. The second kappa shape index (κ2) is 10.3. The number of nitrogens with two attached hydrogens (primary N) is 2. The number of nitrogens with zero attached hydrogens (tertiary/aromatic N) is 2. The molecule has 0 aliphatic heterocycles. The Hall–Kier alpha value is -2.57. The zero-order chi connectivity index (χ0) is 18.9. The molecule has 1 aromatic heterocycles. The Balaban J connectivity index is 0.00000123. The first-order chi connectivity index (χ1) is 11.4. The van der Waals surface area contributed by atoms with E-state index in [0.29, 0.717) is 17.0 Å². The highest BCUT2D eigenvalue weighted by molar-refractivity contribution is 5.66. The molecular formula is C17H26F2N4O. The Morgan fingerprint density at radius 1 is 1.17 bits per heavy atom. The van der Waals surface area contributed by atoms with Gasteiger partial charge in [0.1, 0.15) is 0 Å². The van der Waals surface area contributed by atoms with E-state index in [-0.39, 0.29) is 12.1 Å². The van der Waals surface area contributed by atoms with Gasteiger partial charge >= 0.3 is 0 Å². The van der Waals surface area contributed by atoms with E-state index in [9.17, 15) is 8.78 Å². The predicted molar refractivity (Wildman–Crippen MR) is 93.1 cm³/mol. The summed E-state index contributed by atoms with van der Waals surface area (Å²) in [5.74, 6) is -3.13. The largest absolute Gasteiger partial charge is 0.505 e. The lowest BCUT2D eigenvalue weighted by Gasteiger charge is -2.04. The van der Waals surface area contributed by atoms with Crippen LogP contribution in [0.3, 0.4) is 0 Å². The van der Waals surface area contributed by atoms with Gasteiger partial charge in [0.05, 0.1) is 12.2 Å². The van der Waals surface area contributed by atoms with Crippen molar-refractivity contribution in [3.8, 4) is 16.9 Å². The van der Waals surface area contributed by atoms with Crippen molar-refractivity contribution in [3.63, 3.8) is 0 Å². The van der Waals surface area contributed by atoms with Crippen molar-refractivity contribution in [2.24, 2.45) is 11.5 Å². The van der Waals surface area contributed by atoms with Gasteiger partial charge in [-0.15, -0.1) is 0 Å². The maximum Gasteiger partial charge on any atom is 0.200 e. The molecule has 2 rings (SSSR count). The molecule has 5 N–H and O–H groups in total. The van der Waals surface area contributed by atoms with E-state index < -0.39 is 17.4 Å². The zero-order valence-corrected chi connectivity index (χ0v) is 14.8. The summed E-state index contributed by atoms with van der Waals surface area (Å²) in [5.41, 5.74) is 12.2. The smallest absolute Gasteiger partial charge is 0.200 e. The Bertz CT molecular complexity index is 681. The number of rotatable bonds is 3. The van der Waals surface area contributed by atoms with Gasteiger partial charge in [0, 0.05) is 29.2 Å². The van der Waals surface area contributed by atoms with Gasteiger partial charge in [0.15, 0.2) is 11.6 Å². The number of hydrogen-bond donors (Lipinski definition) is 3. The third-order valence-corrected chi connectivity index (χ3v) is 2.86. The SMILES string of the molecule is CC.CC.Cc1nn(C/C(N)=C/N)cc1-c1ccc(O)c(F)c1F. The normalized spacial score (nSPS) is 10.4. The molecule has 0 fully saturated rings. The summed E-state index contributed by atoms with van der Waals surface area (Å²) in [5, 5.41) is 13.3. The van der Waals surface area contributed by atoms with E-state index in [1.807, 2.05) is 27.7 Å². The van der Waals surface area contributed by atoms with E-state index in [4.69, 9.17) is 16.6 Å². The molecule has 0 amide bonds. The number of phenolic OH excluding ortho intramolecular Hbond substituents is 1. The molecule has 2 aromatic rings. The van der Waals surface area contributed by atoms with Crippen molar-refractivity contribution in [2.45, 2.75) is 41.2 Å². The molecule has 0 bridgehead atoms. The van der Waals surface area contributed by atoms with Crippen LogP contribution in [0, 0.1) is 18.6 Å². The van der Waals surface area contributed by atoms with Gasteiger partial charge in [-0.05, 0) is 19.1 Å². The number of halogens is 2. The summed E-state index contributed by atoms with van der Waals surface area (Å²) in [6.45, 7) is 9.91. The van der Waals surface area contributed by atoms with Gasteiger partial charge in [-0.25, -0.2) is 4.39 Å². The third kappa shape index (κ3) is 4.97. The van der Waals surface area contributed by atoms with Crippen LogP contribution in [0.2, 0.25) is 0 Å². The fraction of sp³-hybridized carbons (Fsp3) is 0.353. The molecule has 1 heterocycles. The number of benzene rings is 1. The molecule has 134 valence electrons. The van der Waals surface area contributed by atoms with Crippen LogP contribution in [0.4, 0.5) is 8.78 Å². The second-order valence-corrected chi connectivity index (χ2v) is 4.33. The van der Waals surface area contributed by atoms with Crippen LogP contribution in [-0.4, -0.2) is 14.9 Å². The maximum absolute atomic E-state index is 13.8. The summed E-state index contributed by atoms with van der Waals surface area (Å²) in [6.07, 6.45) is 2.79. The van der Waals surface area contributed by atoms with Crippen LogP contribution in [0.25, 0.3) is 11.1 Å². The fourth-order valence-corrected chi connectivity index (χ4v) is 1.85. The summed E-state index contributed by atoms with van der Waals surface area (Å²) >= 11 is 0. The average molecular weight is 340 g/mol. The standard InChI is InChI=1S/C13H14F2N4O.2C2H6/c1-7-10(6-19(18-7)5-8(17)4-16)9-2-3-11(20)13(15)12(9)14;2*1-2/h2-4,6,20H,5,16-17H2,1H3;2*1-2H3/b8-4-;;. The average Bonchev–Trinajstić information content (AvgIpc) is 2.96. The summed E-state index contributed by atoms with van der Waals surface area (Å²) in [7, 11) is 0. The molecule has 24 heavy (non-hydrogen) atoms. The predicted octanol–water partition coefficient (Wildman–Crippen LogP) is 3.65. The molecule has 0 atom stereocenters. The van der Waals surface area contributed by atoms with E-state index in [1.165, 1.54) is 16.9 Å². The minimum absolute atomic E-state index is 0.0272. The summed E-state index contributed by atoms with van der Waals surface area (Å²) < 4.78 is 28.7. The Kier molecular flexibility index (Phi) is 9.15. The lowest BCUT2D eigenvalue weighted by molar-refractivity contribution is 0.408. The third-order valence-electron chi connectivity index (χ3n) is 2.86. The first kappa shape index (κ1) is 21.4. The lowest BCUT2D eigenvalue weighted by Crippen LogP contribution is -2.10. The Morgan fingerprint density at radius 2 is 1.75 bits per heavy atom. The van der Waals surface area contributed by atoms with Crippen molar-refractivity contribution in [2.75, 3.05) is 0 Å². The molecule has 0 radical (unpaired) electrons. The zero-order valence-electron chi connectivity index (χ0n) is 14.8. The van der Waals surface area contributed by atoms with Crippen LogP contribution < -0.4 is 11.5 Å². The monoisotopic (exact) mass is 340 g/mol. The van der Waals surface area contributed by atoms with Gasteiger partial charge in [-0.3, -0.25) is 4.68 Å². The van der Waals surface area contributed by atoms with Crippen LogP contribution in [0.15, 0.2) is 30.2 Å². The van der Waals surface area contributed by atoms with Gasteiger partial charge < -0.3 is 16.6 Å². The van der Waals surface area contributed by atoms with E-state index >= 15 is 0 Å². The molecule has 7 heteroatoms. The van der Waals surface area contributed by atoms with Crippen molar-refractivity contribution < 1.29 is 13.9 Å². The summed E-state index contributed by atoms with van der Waals surface area (Å²) in [4.78, 5) is 0. The molecule has 1 aromatic carbocycles. The van der Waals surface area contributed by atoms with Crippen LogP contribution in [-0.2, 0) is 6.54 Å². The molecule has 0 saturated heterocycles. The number of aromatic hydroxyl groups is 1. The number of allylic oxidation sites excluding steroid dienone is 1. The highest BCUT2D eigenvalue weighted by Gasteiger charge is 2.17. The fourth-order valence-electron chi connectivity index (χ4n) is 1.85. The molecule has 0 spiro atoms. The quantitative estimate of drug-likeness (QED) is 0.795. The van der Waals surface area contributed by atoms with Crippen molar-refractivity contribution >= 4 is 0 Å². The Labute approximate surface area is 141 Å². The first-order valence-corrected chi connectivity index (χ1v) is 7.81. The van der Waals surface area contributed by atoms with E-state index in [0.717, 1.165) is 6.07 Å². The number of hydrogen-bond acceptors (Lipinski definition) is 4. The molecule has 0 unspecified atom stereocenters. The summed E-state index contributed by atoms with van der Waals surface area (Å²) in [6, 6.07) is 2.39. The molecule has 5 nitrogen and oxygen atoms in total. The minimum Gasteiger partial charge on any atom is -0.505 e. The highest BCUT2D eigenvalue weighted by Crippen LogP contribution is 2.30. The Morgan fingerprint density at radius 3 is 2.29 bits per heavy atom. The molecule has 0 aliphatic rings. The van der Waals surface area contributed by atoms with E-state index in [2.05, 4.69) is 5.10 Å². The van der Waals surface area contributed by atoms with Gasteiger partial charge in [-0.1, -0.05) is 27.7 Å². The van der Waals surface area contributed by atoms with Crippen molar-refractivity contribution in [1.82, 2.24) is 9.78 Å². The maximum atomic E-state index is 13.8. The van der Waals surface area contributed by atoms with Crippen molar-refractivity contribution in [1.29, 1.82) is 0 Å².